The summed E-state index contributed by atoms with van der Waals surface area (Å²) in [7, 11) is 0. The van der Waals surface area contributed by atoms with Gasteiger partial charge in [-0.1, -0.05) is 18.2 Å². The standard InChI is InChI=1S/C15H19FN2O/c16-14-4-2-1-3-10(14)7-15(19)18-12-5-6-13(18)9-11(17)8-12/h1-4,11-13H,5-9,17H2. The quantitative estimate of drug-likeness (QED) is 0.884. The highest BCUT2D eigenvalue weighted by molar-refractivity contribution is 5.80. The van der Waals surface area contributed by atoms with Crippen molar-refractivity contribution in [3.8, 4) is 0 Å². The van der Waals surface area contributed by atoms with E-state index in [1.54, 1.807) is 18.2 Å². The largest absolute Gasteiger partial charge is 0.336 e. The van der Waals surface area contributed by atoms with Crippen molar-refractivity contribution in [2.24, 2.45) is 5.73 Å². The molecule has 0 aliphatic carbocycles. The Balaban J connectivity index is 1.73. The normalized spacial score (nSPS) is 29.6. The number of carbonyl (C=O) groups excluding carboxylic acids is 1. The van der Waals surface area contributed by atoms with Gasteiger partial charge in [0.2, 0.25) is 5.91 Å². The summed E-state index contributed by atoms with van der Waals surface area (Å²) in [5, 5.41) is 0. The summed E-state index contributed by atoms with van der Waals surface area (Å²) >= 11 is 0. The second kappa shape index (κ2) is 4.93. The molecule has 2 unspecified atom stereocenters. The number of benzene rings is 1. The van der Waals surface area contributed by atoms with E-state index < -0.39 is 0 Å². The first-order valence-electron chi connectivity index (χ1n) is 6.95. The molecule has 1 aromatic rings. The van der Waals surface area contributed by atoms with Crippen LogP contribution in [0.5, 0.6) is 0 Å². The van der Waals surface area contributed by atoms with Crippen molar-refractivity contribution in [3.05, 3.63) is 35.6 Å². The fourth-order valence-electron chi connectivity index (χ4n) is 3.52. The van der Waals surface area contributed by atoms with Gasteiger partial charge in [0, 0.05) is 18.1 Å². The Hall–Kier alpha value is -1.42. The summed E-state index contributed by atoms with van der Waals surface area (Å²) in [5.74, 6) is -0.249. The Morgan fingerprint density at radius 3 is 2.53 bits per heavy atom. The zero-order chi connectivity index (χ0) is 13.4. The van der Waals surface area contributed by atoms with Crippen molar-refractivity contribution in [1.29, 1.82) is 0 Å². The first-order valence-corrected chi connectivity index (χ1v) is 6.95. The molecule has 2 saturated heterocycles. The summed E-state index contributed by atoms with van der Waals surface area (Å²) < 4.78 is 13.6. The Kier molecular flexibility index (Phi) is 3.27. The van der Waals surface area contributed by atoms with E-state index in [9.17, 15) is 9.18 Å². The predicted molar refractivity (Wildman–Crippen MR) is 71.0 cm³/mol. The fourth-order valence-corrected chi connectivity index (χ4v) is 3.52. The van der Waals surface area contributed by atoms with E-state index in [4.69, 9.17) is 5.73 Å². The van der Waals surface area contributed by atoms with Crippen LogP contribution in [-0.4, -0.2) is 28.9 Å². The monoisotopic (exact) mass is 262 g/mol. The van der Waals surface area contributed by atoms with Crippen LogP contribution in [0.1, 0.15) is 31.2 Å². The summed E-state index contributed by atoms with van der Waals surface area (Å²) in [4.78, 5) is 14.4. The topological polar surface area (TPSA) is 46.3 Å². The van der Waals surface area contributed by atoms with Crippen molar-refractivity contribution in [3.63, 3.8) is 0 Å². The summed E-state index contributed by atoms with van der Waals surface area (Å²) in [6.07, 6.45) is 4.02. The van der Waals surface area contributed by atoms with E-state index in [1.807, 2.05) is 4.90 Å². The second-order valence-electron chi connectivity index (χ2n) is 5.69. The summed E-state index contributed by atoms with van der Waals surface area (Å²) in [6.45, 7) is 0. The maximum absolute atomic E-state index is 13.6. The molecule has 2 heterocycles. The predicted octanol–water partition coefficient (Wildman–Crippen LogP) is 1.85. The van der Waals surface area contributed by atoms with Gasteiger partial charge < -0.3 is 10.6 Å². The molecular weight excluding hydrogens is 243 g/mol. The van der Waals surface area contributed by atoms with Gasteiger partial charge in [0.25, 0.3) is 0 Å². The smallest absolute Gasteiger partial charge is 0.227 e. The van der Waals surface area contributed by atoms with Crippen LogP contribution < -0.4 is 5.73 Å². The molecule has 3 rings (SSSR count). The molecule has 4 heteroatoms. The van der Waals surface area contributed by atoms with Crippen molar-refractivity contribution in [2.75, 3.05) is 0 Å². The lowest BCUT2D eigenvalue weighted by atomic mass is 9.97. The molecule has 0 spiro atoms. The third-order valence-electron chi connectivity index (χ3n) is 4.36. The number of hydrogen-bond acceptors (Lipinski definition) is 2. The molecular formula is C15H19FN2O. The molecule has 0 saturated carbocycles. The van der Waals surface area contributed by atoms with E-state index in [1.165, 1.54) is 6.07 Å². The van der Waals surface area contributed by atoms with Crippen LogP contribution >= 0.6 is 0 Å². The minimum atomic E-state index is -0.295. The highest BCUT2D eigenvalue weighted by Crippen LogP contribution is 2.35. The Morgan fingerprint density at radius 2 is 1.89 bits per heavy atom. The van der Waals surface area contributed by atoms with E-state index in [-0.39, 0.29) is 36.3 Å². The third kappa shape index (κ3) is 2.37. The first-order chi connectivity index (χ1) is 9.15. The van der Waals surface area contributed by atoms with E-state index in [2.05, 4.69) is 0 Å². The zero-order valence-corrected chi connectivity index (χ0v) is 10.9. The summed E-state index contributed by atoms with van der Waals surface area (Å²) in [5.41, 5.74) is 6.48. The number of amides is 1. The lowest BCUT2D eigenvalue weighted by Gasteiger charge is -2.37. The minimum Gasteiger partial charge on any atom is -0.336 e. The summed E-state index contributed by atoms with van der Waals surface area (Å²) in [6, 6.07) is 7.27. The Labute approximate surface area is 112 Å². The van der Waals surface area contributed by atoms with Crippen LogP contribution in [0.25, 0.3) is 0 Å². The van der Waals surface area contributed by atoms with Gasteiger partial charge in [-0.2, -0.15) is 0 Å². The number of nitrogens with two attached hydrogens (primary N) is 1. The molecule has 0 aromatic heterocycles. The number of fused-ring (bicyclic) bond motifs is 2. The van der Waals surface area contributed by atoms with Gasteiger partial charge in [0.15, 0.2) is 0 Å². The fraction of sp³-hybridized carbons (Fsp3) is 0.533. The Bertz CT molecular complexity index is 477. The molecule has 2 bridgehead atoms. The minimum absolute atomic E-state index is 0.0458. The lowest BCUT2D eigenvalue weighted by molar-refractivity contribution is -0.135. The highest BCUT2D eigenvalue weighted by Gasteiger charge is 2.41. The Morgan fingerprint density at radius 1 is 1.26 bits per heavy atom. The maximum atomic E-state index is 13.6. The van der Waals surface area contributed by atoms with E-state index in [0.717, 1.165) is 25.7 Å². The average molecular weight is 262 g/mol. The number of halogens is 1. The number of piperidine rings is 1. The molecule has 19 heavy (non-hydrogen) atoms. The van der Waals surface area contributed by atoms with Gasteiger partial charge in [-0.3, -0.25) is 4.79 Å². The number of carbonyl (C=O) groups is 1. The number of hydrogen-bond donors (Lipinski definition) is 1. The van der Waals surface area contributed by atoms with Crippen LogP contribution in [0.2, 0.25) is 0 Å². The van der Waals surface area contributed by atoms with Gasteiger partial charge >= 0.3 is 0 Å². The van der Waals surface area contributed by atoms with Crippen molar-refractivity contribution < 1.29 is 9.18 Å². The van der Waals surface area contributed by atoms with Crippen molar-refractivity contribution >= 4 is 5.91 Å². The maximum Gasteiger partial charge on any atom is 0.227 e. The van der Waals surface area contributed by atoms with Crippen LogP contribution in [0.4, 0.5) is 4.39 Å². The molecule has 2 N–H and O–H groups in total. The van der Waals surface area contributed by atoms with Crippen LogP contribution in [0.3, 0.4) is 0 Å². The molecule has 2 atom stereocenters. The molecule has 2 fully saturated rings. The zero-order valence-electron chi connectivity index (χ0n) is 10.9. The van der Waals surface area contributed by atoms with Gasteiger partial charge in [-0.15, -0.1) is 0 Å². The molecule has 1 aromatic carbocycles. The van der Waals surface area contributed by atoms with E-state index >= 15 is 0 Å². The SMILES string of the molecule is NC1CC2CCC(C1)N2C(=O)Cc1ccccc1F. The van der Waals surface area contributed by atoms with Gasteiger partial charge in [0.1, 0.15) is 5.82 Å². The van der Waals surface area contributed by atoms with Gasteiger partial charge in [0.05, 0.1) is 6.42 Å². The van der Waals surface area contributed by atoms with Crippen LogP contribution in [-0.2, 0) is 11.2 Å². The van der Waals surface area contributed by atoms with Crippen LogP contribution in [0, 0.1) is 5.82 Å². The molecule has 3 nitrogen and oxygen atoms in total. The first kappa shape index (κ1) is 12.6. The molecule has 2 aliphatic heterocycles. The molecule has 1 amide bonds. The van der Waals surface area contributed by atoms with Gasteiger partial charge in [-0.25, -0.2) is 4.39 Å². The highest BCUT2D eigenvalue weighted by atomic mass is 19.1. The van der Waals surface area contributed by atoms with Crippen molar-refractivity contribution in [1.82, 2.24) is 4.90 Å². The molecule has 102 valence electrons. The second-order valence-corrected chi connectivity index (χ2v) is 5.69. The average Bonchev–Trinajstić information content (AvgIpc) is 2.65. The molecule has 2 aliphatic rings. The third-order valence-corrected chi connectivity index (χ3v) is 4.36. The lowest BCUT2D eigenvalue weighted by Crippen LogP contribution is -2.50. The van der Waals surface area contributed by atoms with Crippen LogP contribution in [0.15, 0.2) is 24.3 Å². The number of rotatable bonds is 2. The number of nitrogens with zero attached hydrogens (tertiary/aromatic N) is 1. The van der Waals surface area contributed by atoms with Gasteiger partial charge in [-0.05, 0) is 37.3 Å². The van der Waals surface area contributed by atoms with E-state index in [0.29, 0.717) is 5.56 Å². The van der Waals surface area contributed by atoms with Crippen molar-refractivity contribution in [2.45, 2.75) is 50.2 Å². The molecule has 0 radical (unpaired) electrons.